The maximum absolute atomic E-state index is 6.18. The van der Waals surface area contributed by atoms with Gasteiger partial charge in [0.25, 0.3) is 0 Å². The first-order valence-corrected chi connectivity index (χ1v) is 6.61. The molecule has 0 fully saturated rings. The van der Waals surface area contributed by atoms with Crippen LogP contribution in [0.1, 0.15) is 23.9 Å². The van der Waals surface area contributed by atoms with Gasteiger partial charge in [0.15, 0.2) is 0 Å². The molecule has 0 aliphatic carbocycles. The van der Waals surface area contributed by atoms with Crippen LogP contribution in [0.15, 0.2) is 28.8 Å². The number of aromatic nitrogens is 1. The molecule has 0 aliphatic rings. The predicted molar refractivity (Wildman–Crippen MR) is 74.4 cm³/mol. The number of ether oxygens (including phenoxy) is 1. The SMILES string of the molecule is CCNCc1cccc(Cl)c1OCc1cc(C)on1. The van der Waals surface area contributed by atoms with E-state index in [0.29, 0.717) is 17.4 Å². The van der Waals surface area contributed by atoms with Gasteiger partial charge in [-0.25, -0.2) is 0 Å². The number of hydrogen-bond acceptors (Lipinski definition) is 4. The summed E-state index contributed by atoms with van der Waals surface area (Å²) in [6, 6.07) is 7.58. The lowest BCUT2D eigenvalue weighted by molar-refractivity contribution is 0.285. The summed E-state index contributed by atoms with van der Waals surface area (Å²) in [6.07, 6.45) is 0. The monoisotopic (exact) mass is 280 g/mol. The quantitative estimate of drug-likeness (QED) is 0.882. The van der Waals surface area contributed by atoms with Gasteiger partial charge in [0.05, 0.1) is 5.02 Å². The van der Waals surface area contributed by atoms with E-state index >= 15 is 0 Å². The number of nitrogens with one attached hydrogen (secondary N) is 1. The van der Waals surface area contributed by atoms with Gasteiger partial charge in [-0.15, -0.1) is 0 Å². The number of aryl methyl sites for hydroxylation is 1. The Balaban J connectivity index is 2.09. The van der Waals surface area contributed by atoms with E-state index < -0.39 is 0 Å². The van der Waals surface area contributed by atoms with Gasteiger partial charge in [-0.1, -0.05) is 35.8 Å². The van der Waals surface area contributed by atoms with E-state index in [1.165, 1.54) is 0 Å². The number of benzene rings is 1. The minimum absolute atomic E-state index is 0.347. The molecule has 5 heteroatoms. The largest absolute Gasteiger partial charge is 0.485 e. The zero-order chi connectivity index (χ0) is 13.7. The lowest BCUT2D eigenvalue weighted by atomic mass is 10.2. The first-order valence-electron chi connectivity index (χ1n) is 6.23. The molecule has 2 aromatic rings. The summed E-state index contributed by atoms with van der Waals surface area (Å²) in [4.78, 5) is 0. The minimum atomic E-state index is 0.347. The number of hydrogen-bond donors (Lipinski definition) is 1. The summed E-state index contributed by atoms with van der Waals surface area (Å²) in [5.74, 6) is 1.47. The fourth-order valence-electron chi connectivity index (χ4n) is 1.75. The van der Waals surface area contributed by atoms with Gasteiger partial charge in [0.2, 0.25) is 0 Å². The molecular weight excluding hydrogens is 264 g/mol. The van der Waals surface area contributed by atoms with Crippen molar-refractivity contribution in [3.05, 3.63) is 46.3 Å². The molecule has 1 aromatic carbocycles. The Bertz CT molecular complexity index is 540. The Hall–Kier alpha value is -1.52. The van der Waals surface area contributed by atoms with E-state index in [1.54, 1.807) is 0 Å². The molecule has 1 N–H and O–H groups in total. The Morgan fingerprint density at radius 3 is 2.95 bits per heavy atom. The zero-order valence-corrected chi connectivity index (χ0v) is 11.8. The fourth-order valence-corrected chi connectivity index (χ4v) is 1.99. The van der Waals surface area contributed by atoms with Crippen molar-refractivity contribution in [2.24, 2.45) is 0 Å². The van der Waals surface area contributed by atoms with Gasteiger partial charge >= 0.3 is 0 Å². The molecular formula is C14H17ClN2O2. The summed E-state index contributed by atoms with van der Waals surface area (Å²) in [5.41, 5.74) is 1.79. The third-order valence-electron chi connectivity index (χ3n) is 2.66. The lowest BCUT2D eigenvalue weighted by Gasteiger charge is -2.12. The summed E-state index contributed by atoms with van der Waals surface area (Å²) in [7, 11) is 0. The number of halogens is 1. The van der Waals surface area contributed by atoms with Crippen LogP contribution in [0.25, 0.3) is 0 Å². The third-order valence-corrected chi connectivity index (χ3v) is 2.95. The molecule has 0 bridgehead atoms. The first-order chi connectivity index (χ1) is 9.20. The minimum Gasteiger partial charge on any atom is -0.485 e. The summed E-state index contributed by atoms with van der Waals surface area (Å²) >= 11 is 6.18. The van der Waals surface area contributed by atoms with E-state index in [0.717, 1.165) is 30.1 Å². The molecule has 0 unspecified atom stereocenters. The second-order valence-electron chi connectivity index (χ2n) is 4.23. The standard InChI is InChI=1S/C14H17ClN2O2/c1-3-16-8-11-5-4-6-13(15)14(11)18-9-12-7-10(2)19-17-12/h4-7,16H,3,8-9H2,1-2H3. The maximum Gasteiger partial charge on any atom is 0.142 e. The second-order valence-corrected chi connectivity index (χ2v) is 4.63. The van der Waals surface area contributed by atoms with Gasteiger partial charge < -0.3 is 14.6 Å². The van der Waals surface area contributed by atoms with Crippen molar-refractivity contribution < 1.29 is 9.26 Å². The highest BCUT2D eigenvalue weighted by Crippen LogP contribution is 2.29. The van der Waals surface area contributed by atoms with Gasteiger partial charge in [-0.05, 0) is 19.5 Å². The van der Waals surface area contributed by atoms with Crippen molar-refractivity contribution in [2.75, 3.05) is 6.54 Å². The first kappa shape index (κ1) is 13.9. The fraction of sp³-hybridized carbons (Fsp3) is 0.357. The smallest absolute Gasteiger partial charge is 0.142 e. The van der Waals surface area contributed by atoms with Crippen molar-refractivity contribution in [3.8, 4) is 5.75 Å². The summed E-state index contributed by atoms with van der Waals surface area (Å²) in [6.45, 7) is 5.88. The van der Waals surface area contributed by atoms with Gasteiger partial charge in [0, 0.05) is 18.2 Å². The van der Waals surface area contributed by atoms with Crippen LogP contribution >= 0.6 is 11.6 Å². The van der Waals surface area contributed by atoms with Crippen LogP contribution in [0.3, 0.4) is 0 Å². The molecule has 0 saturated heterocycles. The third kappa shape index (κ3) is 3.72. The highest BCUT2D eigenvalue weighted by atomic mass is 35.5. The van der Waals surface area contributed by atoms with Crippen LogP contribution in [0.2, 0.25) is 5.02 Å². The molecule has 1 aromatic heterocycles. The second kappa shape index (κ2) is 6.59. The average Bonchev–Trinajstić information content (AvgIpc) is 2.81. The highest BCUT2D eigenvalue weighted by Gasteiger charge is 2.09. The van der Waals surface area contributed by atoms with Gasteiger partial charge in [-0.2, -0.15) is 0 Å². The van der Waals surface area contributed by atoms with Crippen LogP contribution < -0.4 is 10.1 Å². The molecule has 1 heterocycles. The van der Waals surface area contributed by atoms with Crippen molar-refractivity contribution in [1.82, 2.24) is 10.5 Å². The zero-order valence-electron chi connectivity index (χ0n) is 11.1. The average molecular weight is 281 g/mol. The Morgan fingerprint density at radius 1 is 1.42 bits per heavy atom. The van der Waals surface area contributed by atoms with Crippen molar-refractivity contribution in [1.29, 1.82) is 0 Å². The van der Waals surface area contributed by atoms with Crippen LogP contribution in [0, 0.1) is 6.92 Å². The Morgan fingerprint density at radius 2 is 2.26 bits per heavy atom. The highest BCUT2D eigenvalue weighted by molar-refractivity contribution is 6.32. The number of nitrogens with zero attached hydrogens (tertiary/aromatic N) is 1. The molecule has 19 heavy (non-hydrogen) atoms. The summed E-state index contributed by atoms with van der Waals surface area (Å²) < 4.78 is 10.8. The van der Waals surface area contributed by atoms with Crippen molar-refractivity contribution in [2.45, 2.75) is 27.0 Å². The van der Waals surface area contributed by atoms with E-state index in [-0.39, 0.29) is 0 Å². The molecule has 0 aliphatic heterocycles. The number of rotatable bonds is 6. The van der Waals surface area contributed by atoms with Crippen LogP contribution in [-0.4, -0.2) is 11.7 Å². The van der Waals surface area contributed by atoms with Crippen LogP contribution in [0.5, 0.6) is 5.75 Å². The Labute approximate surface area is 117 Å². The lowest BCUT2D eigenvalue weighted by Crippen LogP contribution is -2.13. The van der Waals surface area contributed by atoms with E-state index in [2.05, 4.69) is 17.4 Å². The molecule has 102 valence electrons. The topological polar surface area (TPSA) is 47.3 Å². The predicted octanol–water partition coefficient (Wildman–Crippen LogP) is 3.32. The molecule has 0 radical (unpaired) electrons. The normalized spacial score (nSPS) is 10.7. The maximum atomic E-state index is 6.18. The molecule has 0 amide bonds. The molecule has 0 atom stereocenters. The van der Waals surface area contributed by atoms with Gasteiger partial charge in [-0.3, -0.25) is 0 Å². The molecule has 2 rings (SSSR count). The molecule has 0 spiro atoms. The van der Waals surface area contributed by atoms with E-state index in [1.807, 2.05) is 31.2 Å². The van der Waals surface area contributed by atoms with E-state index in [9.17, 15) is 0 Å². The molecule has 4 nitrogen and oxygen atoms in total. The Kier molecular flexibility index (Phi) is 4.82. The van der Waals surface area contributed by atoms with Crippen molar-refractivity contribution in [3.63, 3.8) is 0 Å². The van der Waals surface area contributed by atoms with Crippen LogP contribution in [-0.2, 0) is 13.2 Å². The van der Waals surface area contributed by atoms with Gasteiger partial charge in [0.1, 0.15) is 23.8 Å². The summed E-state index contributed by atoms with van der Waals surface area (Å²) in [5, 5.41) is 7.76. The van der Waals surface area contributed by atoms with Crippen LogP contribution in [0.4, 0.5) is 0 Å². The van der Waals surface area contributed by atoms with Crippen molar-refractivity contribution >= 4 is 11.6 Å². The number of para-hydroxylation sites is 1. The van der Waals surface area contributed by atoms with E-state index in [4.69, 9.17) is 20.9 Å². The molecule has 0 saturated carbocycles.